The average Bonchev–Trinajstić information content (AvgIpc) is 3.27. The van der Waals surface area contributed by atoms with Crippen LogP contribution in [0.15, 0.2) is 10.9 Å². The summed E-state index contributed by atoms with van der Waals surface area (Å²) in [6, 6.07) is 1.40. The van der Waals surface area contributed by atoms with Crippen molar-refractivity contribution >= 4 is 22.3 Å². The molecule has 2 aromatic heterocycles. The Labute approximate surface area is 143 Å². The summed E-state index contributed by atoms with van der Waals surface area (Å²) in [5.41, 5.74) is 0.266. The van der Waals surface area contributed by atoms with Crippen LogP contribution in [-0.2, 0) is 22.6 Å². The standard InChI is InChI=1S/C17H21N3O3S/c1-2-14-19-20-15(21)8-13(18-17(20)24-14)9-23-16(22)7-12-6-10-3-4-11(12)5-10/h8,10-12H,2-7,9H2,1H3/t10-,11-,12-/m1/s1. The Morgan fingerprint density at radius 2 is 2.29 bits per heavy atom. The van der Waals surface area contributed by atoms with Crippen molar-refractivity contribution in [2.24, 2.45) is 17.8 Å². The van der Waals surface area contributed by atoms with Crippen molar-refractivity contribution in [3.8, 4) is 0 Å². The van der Waals surface area contributed by atoms with Crippen LogP contribution in [0.1, 0.15) is 49.7 Å². The van der Waals surface area contributed by atoms with Crippen molar-refractivity contribution in [2.75, 3.05) is 0 Å². The van der Waals surface area contributed by atoms with Gasteiger partial charge in [0.1, 0.15) is 11.6 Å². The highest BCUT2D eigenvalue weighted by Gasteiger charge is 2.40. The molecule has 6 nitrogen and oxygen atoms in total. The van der Waals surface area contributed by atoms with Crippen molar-refractivity contribution in [1.29, 1.82) is 0 Å². The van der Waals surface area contributed by atoms with Crippen molar-refractivity contribution in [2.45, 2.75) is 52.1 Å². The number of carbonyl (C=O) groups is 1. The Bertz CT molecular complexity index is 828. The topological polar surface area (TPSA) is 73.6 Å². The minimum Gasteiger partial charge on any atom is -0.459 e. The number of aromatic nitrogens is 3. The Morgan fingerprint density at radius 3 is 3.00 bits per heavy atom. The molecule has 2 aliphatic rings. The molecule has 24 heavy (non-hydrogen) atoms. The maximum Gasteiger partial charge on any atom is 0.306 e. The lowest BCUT2D eigenvalue weighted by Gasteiger charge is -2.20. The van der Waals surface area contributed by atoms with Crippen molar-refractivity contribution in [3.63, 3.8) is 0 Å². The first-order valence-corrected chi connectivity index (χ1v) is 9.48. The lowest BCUT2D eigenvalue weighted by molar-refractivity contribution is -0.146. The minimum atomic E-state index is -0.227. The average molecular weight is 347 g/mol. The highest BCUT2D eigenvalue weighted by molar-refractivity contribution is 7.16. The summed E-state index contributed by atoms with van der Waals surface area (Å²) in [5, 5.41) is 5.08. The van der Waals surface area contributed by atoms with E-state index in [-0.39, 0.29) is 18.1 Å². The largest absolute Gasteiger partial charge is 0.459 e. The van der Waals surface area contributed by atoms with Crippen LogP contribution in [-0.4, -0.2) is 20.6 Å². The van der Waals surface area contributed by atoms with Crippen molar-refractivity contribution < 1.29 is 9.53 Å². The van der Waals surface area contributed by atoms with Crippen molar-refractivity contribution in [1.82, 2.24) is 14.6 Å². The lowest BCUT2D eigenvalue weighted by Crippen LogP contribution is -2.19. The molecule has 2 bridgehead atoms. The van der Waals surface area contributed by atoms with Crippen LogP contribution >= 0.6 is 11.3 Å². The van der Waals surface area contributed by atoms with Crippen molar-refractivity contribution in [3.05, 3.63) is 27.1 Å². The van der Waals surface area contributed by atoms with E-state index in [2.05, 4.69) is 10.1 Å². The minimum absolute atomic E-state index is 0.0603. The Balaban J connectivity index is 1.39. The van der Waals surface area contributed by atoms with Gasteiger partial charge in [-0.2, -0.15) is 9.61 Å². The molecule has 0 amide bonds. The normalized spacial score (nSPS) is 25.5. The number of ether oxygens (including phenoxy) is 1. The molecule has 2 fully saturated rings. The van der Waals surface area contributed by atoms with E-state index >= 15 is 0 Å². The molecule has 7 heteroatoms. The molecule has 4 rings (SSSR count). The summed E-state index contributed by atoms with van der Waals surface area (Å²) >= 11 is 1.39. The highest BCUT2D eigenvalue weighted by atomic mass is 32.1. The molecule has 3 atom stereocenters. The molecule has 128 valence electrons. The van der Waals surface area contributed by atoms with E-state index in [9.17, 15) is 9.59 Å². The second-order valence-electron chi connectivity index (χ2n) is 6.93. The maximum atomic E-state index is 12.1. The summed E-state index contributed by atoms with van der Waals surface area (Å²) < 4.78 is 6.68. The van der Waals surface area contributed by atoms with Crippen LogP contribution < -0.4 is 5.56 Å². The van der Waals surface area contributed by atoms with Crippen LogP contribution in [0.25, 0.3) is 4.96 Å². The molecule has 0 aliphatic heterocycles. The molecule has 0 radical (unpaired) electrons. The zero-order chi connectivity index (χ0) is 16.7. The zero-order valence-electron chi connectivity index (χ0n) is 13.7. The fourth-order valence-electron chi connectivity index (χ4n) is 4.17. The Morgan fingerprint density at radius 1 is 1.42 bits per heavy atom. The molecule has 2 saturated carbocycles. The zero-order valence-corrected chi connectivity index (χ0v) is 14.6. The van der Waals surface area contributed by atoms with Gasteiger partial charge in [-0.05, 0) is 43.4 Å². The van der Waals surface area contributed by atoms with E-state index in [1.165, 1.54) is 47.6 Å². The molecular formula is C17H21N3O3S. The van der Waals surface area contributed by atoms with Gasteiger partial charge in [0.2, 0.25) is 4.96 Å². The van der Waals surface area contributed by atoms with E-state index in [1.807, 2.05) is 6.92 Å². The van der Waals surface area contributed by atoms with Gasteiger partial charge < -0.3 is 4.74 Å². The third kappa shape index (κ3) is 2.97. The quantitative estimate of drug-likeness (QED) is 0.777. The van der Waals surface area contributed by atoms with Crippen LogP contribution in [0, 0.1) is 17.8 Å². The van der Waals surface area contributed by atoms with Gasteiger partial charge in [0.05, 0.1) is 5.69 Å². The van der Waals surface area contributed by atoms with Crippen LogP contribution in [0.4, 0.5) is 0 Å². The van der Waals surface area contributed by atoms with Gasteiger partial charge in [-0.1, -0.05) is 24.7 Å². The van der Waals surface area contributed by atoms with E-state index in [0.717, 1.165) is 17.3 Å². The summed E-state index contributed by atoms with van der Waals surface area (Å²) in [5.74, 6) is 1.86. The third-order valence-electron chi connectivity index (χ3n) is 5.34. The number of aryl methyl sites for hydroxylation is 1. The summed E-state index contributed by atoms with van der Waals surface area (Å²) in [6.45, 7) is 2.05. The second-order valence-corrected chi connectivity index (χ2v) is 7.97. The number of esters is 1. The number of hydrogen-bond acceptors (Lipinski definition) is 6. The van der Waals surface area contributed by atoms with Crippen LogP contribution in [0.2, 0.25) is 0 Å². The first-order chi connectivity index (χ1) is 11.6. The molecule has 0 N–H and O–H groups in total. The first kappa shape index (κ1) is 15.7. The molecule has 2 heterocycles. The molecule has 0 saturated heterocycles. The fourth-order valence-corrected chi connectivity index (χ4v) is 5.02. The van der Waals surface area contributed by atoms with Gasteiger partial charge in [0.25, 0.3) is 5.56 Å². The highest BCUT2D eigenvalue weighted by Crippen LogP contribution is 2.49. The lowest BCUT2D eigenvalue weighted by atomic mass is 9.86. The van der Waals surface area contributed by atoms with Gasteiger partial charge in [-0.25, -0.2) is 4.98 Å². The number of hydrogen-bond donors (Lipinski definition) is 0. The predicted octanol–water partition coefficient (Wildman–Crippen LogP) is 2.58. The van der Waals surface area contributed by atoms with E-state index in [0.29, 0.717) is 28.9 Å². The van der Waals surface area contributed by atoms with Crippen LogP contribution in [0.3, 0.4) is 0 Å². The van der Waals surface area contributed by atoms with Gasteiger partial charge in [-0.3, -0.25) is 9.59 Å². The van der Waals surface area contributed by atoms with Gasteiger partial charge >= 0.3 is 5.97 Å². The van der Waals surface area contributed by atoms with E-state index in [1.54, 1.807) is 0 Å². The monoisotopic (exact) mass is 347 g/mol. The number of carbonyl (C=O) groups excluding carboxylic acids is 1. The summed E-state index contributed by atoms with van der Waals surface area (Å²) in [4.78, 5) is 29.1. The van der Waals surface area contributed by atoms with E-state index < -0.39 is 0 Å². The Hall–Kier alpha value is -1.76. The number of nitrogens with zero attached hydrogens (tertiary/aromatic N) is 3. The Kier molecular flexibility index (Phi) is 4.12. The first-order valence-electron chi connectivity index (χ1n) is 8.66. The molecular weight excluding hydrogens is 326 g/mol. The molecule has 2 aliphatic carbocycles. The predicted molar refractivity (Wildman–Crippen MR) is 89.9 cm³/mol. The number of rotatable bonds is 5. The molecule has 0 unspecified atom stereocenters. The van der Waals surface area contributed by atoms with Gasteiger partial charge in [0, 0.05) is 12.5 Å². The fraction of sp³-hybridized carbons (Fsp3) is 0.647. The summed E-state index contributed by atoms with van der Waals surface area (Å²) in [6.07, 6.45) is 6.33. The van der Waals surface area contributed by atoms with E-state index in [4.69, 9.17) is 4.74 Å². The molecule has 2 aromatic rings. The SMILES string of the molecule is CCc1nn2c(=O)cc(COC(=O)C[C@H]3C[C@@H]4CC[C@@H]3C4)nc2s1. The second kappa shape index (κ2) is 6.27. The number of fused-ring (bicyclic) bond motifs is 3. The van der Waals surface area contributed by atoms with Gasteiger partial charge in [0.15, 0.2) is 0 Å². The molecule has 0 aromatic carbocycles. The smallest absolute Gasteiger partial charge is 0.306 e. The van der Waals surface area contributed by atoms with Gasteiger partial charge in [-0.15, -0.1) is 0 Å². The third-order valence-corrected chi connectivity index (χ3v) is 6.39. The maximum absolute atomic E-state index is 12.1. The summed E-state index contributed by atoms with van der Waals surface area (Å²) in [7, 11) is 0. The molecule has 0 spiro atoms. The van der Waals surface area contributed by atoms with Crippen LogP contribution in [0.5, 0.6) is 0 Å².